The van der Waals surface area contributed by atoms with Crippen LogP contribution in [0.3, 0.4) is 0 Å². The van der Waals surface area contributed by atoms with Gasteiger partial charge in [0.15, 0.2) is 0 Å². The molecule has 0 radical (unpaired) electrons. The summed E-state index contributed by atoms with van der Waals surface area (Å²) in [6.07, 6.45) is 3.20. The normalized spacial score (nSPS) is 20.7. The average molecular weight is 202 g/mol. The Bertz CT molecular complexity index is 200. The topological polar surface area (TPSA) is 58.6 Å². The van der Waals surface area contributed by atoms with Gasteiger partial charge in [0.2, 0.25) is 0 Å². The monoisotopic (exact) mass is 202 g/mol. The molecule has 13 heavy (non-hydrogen) atoms. The molecule has 0 atom stereocenters. The zero-order valence-electron chi connectivity index (χ0n) is 8.29. The maximum atomic E-state index is 8.46. The smallest absolute Gasteiger partial charge is 0.139 e. The lowest BCUT2D eigenvalue weighted by Gasteiger charge is -2.14. The molecular weight excluding hydrogens is 184 g/mol. The highest BCUT2D eigenvalue weighted by molar-refractivity contribution is 7.99. The van der Waals surface area contributed by atoms with Crippen molar-refractivity contribution in [1.29, 1.82) is 0 Å². The molecule has 1 fully saturated rings. The van der Waals surface area contributed by atoms with Crippen LogP contribution in [0.15, 0.2) is 5.16 Å². The number of oxime groups is 1. The molecule has 0 bridgehead atoms. The van der Waals surface area contributed by atoms with Gasteiger partial charge in [-0.25, -0.2) is 0 Å². The Hall–Kier alpha value is -0.380. The molecular formula is C9H18N2OS. The van der Waals surface area contributed by atoms with Crippen molar-refractivity contribution in [2.45, 2.75) is 38.4 Å². The molecule has 0 amide bonds. The minimum atomic E-state index is 0.352. The third-order valence-corrected chi connectivity index (χ3v) is 3.81. The first-order chi connectivity index (χ1) is 6.08. The van der Waals surface area contributed by atoms with E-state index >= 15 is 0 Å². The second kappa shape index (κ2) is 4.22. The van der Waals surface area contributed by atoms with Crippen LogP contribution in [0.2, 0.25) is 0 Å². The Kier molecular flexibility index (Phi) is 3.47. The Morgan fingerprint density at radius 1 is 1.62 bits per heavy atom. The first kappa shape index (κ1) is 10.7. The minimum absolute atomic E-state index is 0.352. The van der Waals surface area contributed by atoms with Gasteiger partial charge < -0.3 is 10.9 Å². The van der Waals surface area contributed by atoms with E-state index in [9.17, 15) is 0 Å². The van der Waals surface area contributed by atoms with Gasteiger partial charge in [0, 0.05) is 6.42 Å². The van der Waals surface area contributed by atoms with E-state index in [0.717, 1.165) is 12.2 Å². The van der Waals surface area contributed by atoms with E-state index in [2.05, 4.69) is 19.0 Å². The Balaban J connectivity index is 2.31. The van der Waals surface area contributed by atoms with Crippen molar-refractivity contribution in [2.75, 3.05) is 5.75 Å². The fraction of sp³-hybridized carbons (Fsp3) is 0.889. The molecule has 3 N–H and O–H groups in total. The van der Waals surface area contributed by atoms with E-state index in [1.165, 1.54) is 12.8 Å². The second-order valence-corrected chi connectivity index (χ2v) is 5.69. The van der Waals surface area contributed by atoms with Gasteiger partial charge in [0.1, 0.15) is 5.84 Å². The average Bonchev–Trinajstić information content (AvgIpc) is 2.82. The lowest BCUT2D eigenvalue weighted by Crippen LogP contribution is -2.19. The quantitative estimate of drug-likeness (QED) is 0.310. The van der Waals surface area contributed by atoms with Gasteiger partial charge in [0.05, 0.1) is 0 Å². The summed E-state index contributed by atoms with van der Waals surface area (Å²) in [5, 5.41) is 12.2. The van der Waals surface area contributed by atoms with E-state index in [-0.39, 0.29) is 0 Å². The van der Waals surface area contributed by atoms with Gasteiger partial charge in [0.25, 0.3) is 0 Å². The highest BCUT2D eigenvalue weighted by Crippen LogP contribution is 2.51. The van der Waals surface area contributed by atoms with Crippen molar-refractivity contribution >= 4 is 17.6 Å². The maximum Gasteiger partial charge on any atom is 0.139 e. The summed E-state index contributed by atoms with van der Waals surface area (Å²) in [4.78, 5) is 0. The minimum Gasteiger partial charge on any atom is -0.409 e. The summed E-state index contributed by atoms with van der Waals surface area (Å²) >= 11 is 1.96. The Labute approximate surface area is 83.8 Å². The predicted octanol–water partition coefficient (Wildman–Crippen LogP) is 2.04. The van der Waals surface area contributed by atoms with Crippen LogP contribution in [0.1, 0.15) is 33.1 Å². The third kappa shape index (κ3) is 3.46. The molecule has 0 aliphatic heterocycles. The van der Waals surface area contributed by atoms with Gasteiger partial charge in [-0.05, 0) is 29.3 Å². The zero-order chi connectivity index (χ0) is 9.90. The molecule has 0 spiro atoms. The van der Waals surface area contributed by atoms with E-state index < -0.39 is 0 Å². The number of hydrogen-bond donors (Lipinski definition) is 2. The summed E-state index contributed by atoms with van der Waals surface area (Å²) in [6, 6.07) is 0. The maximum absolute atomic E-state index is 8.46. The van der Waals surface area contributed by atoms with Crippen LogP contribution in [0.25, 0.3) is 0 Å². The molecule has 3 nitrogen and oxygen atoms in total. The largest absolute Gasteiger partial charge is 0.409 e. The van der Waals surface area contributed by atoms with E-state index in [0.29, 0.717) is 16.5 Å². The van der Waals surface area contributed by atoms with Crippen molar-refractivity contribution < 1.29 is 5.21 Å². The molecule has 1 aliphatic rings. The molecule has 76 valence electrons. The molecule has 1 aliphatic carbocycles. The van der Waals surface area contributed by atoms with Gasteiger partial charge in [-0.15, -0.1) is 0 Å². The van der Waals surface area contributed by atoms with Crippen molar-refractivity contribution in [1.82, 2.24) is 0 Å². The molecule has 0 aromatic carbocycles. The van der Waals surface area contributed by atoms with Crippen LogP contribution in [0.4, 0.5) is 0 Å². The van der Waals surface area contributed by atoms with Crippen molar-refractivity contribution in [3.8, 4) is 0 Å². The van der Waals surface area contributed by atoms with Crippen LogP contribution in [-0.4, -0.2) is 22.0 Å². The van der Waals surface area contributed by atoms with Crippen LogP contribution in [0.5, 0.6) is 0 Å². The summed E-state index contributed by atoms with van der Waals surface area (Å²) < 4.78 is 0. The van der Waals surface area contributed by atoms with Crippen molar-refractivity contribution in [2.24, 2.45) is 16.3 Å². The van der Waals surface area contributed by atoms with Crippen LogP contribution >= 0.6 is 11.8 Å². The molecule has 0 saturated heterocycles. The molecule has 1 rings (SSSR count). The zero-order valence-corrected chi connectivity index (χ0v) is 9.10. The SMILES string of the molecule is CC(C)SCC1(CC(N)=NO)CC1. The first-order valence-electron chi connectivity index (χ1n) is 4.66. The van der Waals surface area contributed by atoms with Gasteiger partial charge in [-0.3, -0.25) is 0 Å². The third-order valence-electron chi connectivity index (χ3n) is 2.36. The molecule has 0 unspecified atom stereocenters. The number of rotatable bonds is 5. The predicted molar refractivity (Wildman–Crippen MR) is 57.3 cm³/mol. The summed E-state index contributed by atoms with van der Waals surface area (Å²) in [5.41, 5.74) is 5.85. The number of amidine groups is 1. The van der Waals surface area contributed by atoms with Crippen LogP contribution < -0.4 is 5.73 Å². The lowest BCUT2D eigenvalue weighted by atomic mass is 10.1. The van der Waals surface area contributed by atoms with Crippen molar-refractivity contribution in [3.63, 3.8) is 0 Å². The summed E-state index contributed by atoms with van der Waals surface area (Å²) in [7, 11) is 0. The number of nitrogens with zero attached hydrogens (tertiary/aromatic N) is 1. The molecule has 0 aromatic heterocycles. The summed E-state index contributed by atoms with van der Waals surface area (Å²) in [6.45, 7) is 4.40. The van der Waals surface area contributed by atoms with E-state index in [4.69, 9.17) is 10.9 Å². The number of hydrogen-bond acceptors (Lipinski definition) is 3. The fourth-order valence-electron chi connectivity index (χ4n) is 1.31. The van der Waals surface area contributed by atoms with Gasteiger partial charge in [-0.1, -0.05) is 19.0 Å². The summed E-state index contributed by atoms with van der Waals surface area (Å²) in [5.74, 6) is 1.52. The highest BCUT2D eigenvalue weighted by atomic mass is 32.2. The molecule has 1 saturated carbocycles. The van der Waals surface area contributed by atoms with E-state index in [1.807, 2.05) is 11.8 Å². The second-order valence-electron chi connectivity index (χ2n) is 4.13. The fourth-order valence-corrected chi connectivity index (χ4v) is 2.39. The van der Waals surface area contributed by atoms with Gasteiger partial charge in [-0.2, -0.15) is 11.8 Å². The molecule has 4 heteroatoms. The number of nitrogens with two attached hydrogens (primary N) is 1. The molecule has 0 aromatic rings. The number of thioether (sulfide) groups is 1. The molecule has 0 heterocycles. The van der Waals surface area contributed by atoms with Crippen molar-refractivity contribution in [3.05, 3.63) is 0 Å². The van der Waals surface area contributed by atoms with Crippen LogP contribution in [-0.2, 0) is 0 Å². The first-order valence-corrected chi connectivity index (χ1v) is 5.71. The highest BCUT2D eigenvalue weighted by Gasteiger charge is 2.43. The van der Waals surface area contributed by atoms with E-state index in [1.54, 1.807) is 0 Å². The van der Waals surface area contributed by atoms with Crippen LogP contribution in [0, 0.1) is 5.41 Å². The Morgan fingerprint density at radius 3 is 2.62 bits per heavy atom. The Morgan fingerprint density at radius 2 is 2.23 bits per heavy atom. The van der Waals surface area contributed by atoms with Gasteiger partial charge >= 0.3 is 0 Å². The lowest BCUT2D eigenvalue weighted by molar-refractivity contribution is 0.315. The standard InChI is InChI=1S/C9H18N2OS/c1-7(2)13-6-9(3-4-9)5-8(10)11-12/h7,12H,3-6H2,1-2H3,(H2,10,11).